The molecule has 30 heavy (non-hydrogen) atoms. The van der Waals surface area contributed by atoms with E-state index in [0.29, 0.717) is 28.5 Å². The zero-order valence-electron chi connectivity index (χ0n) is 17.1. The highest BCUT2D eigenvalue weighted by atomic mass is 16.5. The van der Waals surface area contributed by atoms with E-state index in [1.165, 1.54) is 21.3 Å². The van der Waals surface area contributed by atoms with Crippen LogP contribution < -0.4 is 19.5 Å². The summed E-state index contributed by atoms with van der Waals surface area (Å²) in [6, 6.07) is 16.8. The second-order valence-electron chi connectivity index (χ2n) is 6.48. The molecule has 0 bridgehead atoms. The summed E-state index contributed by atoms with van der Waals surface area (Å²) in [5.74, 6) is 0.357. The van der Waals surface area contributed by atoms with Crippen LogP contribution >= 0.6 is 0 Å². The molecule has 0 spiro atoms. The normalized spacial score (nSPS) is 10.4. The molecule has 0 fully saturated rings. The summed E-state index contributed by atoms with van der Waals surface area (Å²) in [5.41, 5.74) is 1.25. The Morgan fingerprint density at radius 2 is 1.50 bits per heavy atom. The van der Waals surface area contributed by atoms with E-state index in [4.69, 9.17) is 18.9 Å². The molecule has 0 aliphatic carbocycles. The van der Waals surface area contributed by atoms with E-state index in [9.17, 15) is 9.59 Å². The first-order valence-electron chi connectivity index (χ1n) is 9.27. The van der Waals surface area contributed by atoms with Crippen molar-refractivity contribution in [2.45, 2.75) is 6.42 Å². The van der Waals surface area contributed by atoms with Gasteiger partial charge in [0.1, 0.15) is 0 Å². The zero-order chi connectivity index (χ0) is 21.5. The summed E-state index contributed by atoms with van der Waals surface area (Å²) < 4.78 is 20.9. The number of carbonyl (C=O) groups excluding carboxylic acids is 2. The van der Waals surface area contributed by atoms with E-state index in [0.717, 1.165) is 10.8 Å². The van der Waals surface area contributed by atoms with Gasteiger partial charge in [-0.2, -0.15) is 0 Å². The van der Waals surface area contributed by atoms with Gasteiger partial charge in [-0.25, -0.2) is 0 Å². The van der Waals surface area contributed by atoms with E-state index in [2.05, 4.69) is 5.32 Å². The number of ether oxygens (including phenoxy) is 4. The first-order valence-corrected chi connectivity index (χ1v) is 9.27. The van der Waals surface area contributed by atoms with Gasteiger partial charge in [0.25, 0.3) is 5.91 Å². The Bertz CT molecular complexity index is 1040. The molecule has 1 N–H and O–H groups in total. The minimum atomic E-state index is -0.544. The maximum atomic E-state index is 12.2. The van der Waals surface area contributed by atoms with Crippen LogP contribution in [0.3, 0.4) is 0 Å². The highest BCUT2D eigenvalue weighted by Crippen LogP contribution is 2.38. The number of hydrogen-bond acceptors (Lipinski definition) is 6. The van der Waals surface area contributed by atoms with Crippen LogP contribution in [0, 0.1) is 0 Å². The first-order chi connectivity index (χ1) is 14.5. The van der Waals surface area contributed by atoms with Gasteiger partial charge in [-0.05, 0) is 40.6 Å². The predicted molar refractivity (Wildman–Crippen MR) is 113 cm³/mol. The number of rotatable bonds is 8. The number of fused-ring (bicyclic) bond motifs is 1. The summed E-state index contributed by atoms with van der Waals surface area (Å²) in [4.78, 5) is 24.3. The average Bonchev–Trinajstić information content (AvgIpc) is 2.76. The fourth-order valence-electron chi connectivity index (χ4n) is 3.07. The van der Waals surface area contributed by atoms with Gasteiger partial charge < -0.3 is 24.3 Å². The predicted octanol–water partition coefficient (Wildman–Crippen LogP) is 3.59. The van der Waals surface area contributed by atoms with E-state index in [1.807, 2.05) is 36.4 Å². The fraction of sp³-hybridized carbons (Fsp3) is 0.217. The molecule has 7 heteroatoms. The third kappa shape index (κ3) is 5.00. The summed E-state index contributed by atoms with van der Waals surface area (Å²) in [5, 5.41) is 4.82. The lowest BCUT2D eigenvalue weighted by atomic mass is 10.1. The summed E-state index contributed by atoms with van der Waals surface area (Å²) in [7, 11) is 4.50. The van der Waals surface area contributed by atoms with Crippen molar-refractivity contribution in [3.63, 3.8) is 0 Å². The molecule has 156 valence electrons. The highest BCUT2D eigenvalue weighted by Gasteiger charge is 2.16. The summed E-state index contributed by atoms with van der Waals surface area (Å²) in [6.45, 7) is -0.379. The minimum Gasteiger partial charge on any atom is -0.493 e. The van der Waals surface area contributed by atoms with Crippen LogP contribution in [0.4, 0.5) is 5.69 Å². The molecule has 0 aliphatic rings. The second-order valence-corrected chi connectivity index (χ2v) is 6.48. The van der Waals surface area contributed by atoms with Crippen molar-refractivity contribution in [2.24, 2.45) is 0 Å². The molecule has 0 atom stereocenters. The largest absolute Gasteiger partial charge is 0.493 e. The van der Waals surface area contributed by atoms with Gasteiger partial charge in [-0.3, -0.25) is 9.59 Å². The summed E-state index contributed by atoms with van der Waals surface area (Å²) >= 11 is 0. The van der Waals surface area contributed by atoms with Crippen LogP contribution in [0.1, 0.15) is 5.56 Å². The molecule has 3 aromatic carbocycles. The Hall–Kier alpha value is -3.74. The zero-order valence-corrected chi connectivity index (χ0v) is 17.1. The molecule has 0 heterocycles. The number of nitrogens with one attached hydrogen (secondary N) is 1. The molecule has 0 aliphatic heterocycles. The van der Waals surface area contributed by atoms with Crippen molar-refractivity contribution in [3.05, 3.63) is 60.2 Å². The van der Waals surface area contributed by atoms with E-state index in [-0.39, 0.29) is 13.0 Å². The van der Waals surface area contributed by atoms with Crippen LogP contribution in [0.2, 0.25) is 0 Å². The van der Waals surface area contributed by atoms with Gasteiger partial charge in [0.15, 0.2) is 18.1 Å². The van der Waals surface area contributed by atoms with Gasteiger partial charge in [0, 0.05) is 5.69 Å². The van der Waals surface area contributed by atoms with Crippen molar-refractivity contribution in [1.29, 1.82) is 0 Å². The van der Waals surface area contributed by atoms with Crippen LogP contribution in [0.5, 0.6) is 17.2 Å². The third-order valence-electron chi connectivity index (χ3n) is 4.47. The topological polar surface area (TPSA) is 83.1 Å². The number of anilines is 1. The first kappa shape index (κ1) is 21.0. The maximum Gasteiger partial charge on any atom is 0.310 e. The molecule has 0 radical (unpaired) electrons. The molecule has 3 aromatic rings. The smallest absolute Gasteiger partial charge is 0.310 e. The Morgan fingerprint density at radius 3 is 2.13 bits per heavy atom. The number of methoxy groups -OCH3 is 3. The lowest BCUT2D eigenvalue weighted by Crippen LogP contribution is -2.21. The van der Waals surface area contributed by atoms with E-state index in [1.54, 1.807) is 18.2 Å². The second kappa shape index (κ2) is 9.65. The SMILES string of the molecule is COc1cc(CC(=O)OCC(=O)Nc2ccc3ccccc3c2)cc(OC)c1OC. The lowest BCUT2D eigenvalue weighted by molar-refractivity contribution is -0.146. The van der Waals surface area contributed by atoms with Gasteiger partial charge in [0.2, 0.25) is 5.75 Å². The maximum absolute atomic E-state index is 12.2. The number of hydrogen-bond donors (Lipinski definition) is 1. The average molecular weight is 409 g/mol. The van der Waals surface area contributed by atoms with Gasteiger partial charge in [0.05, 0.1) is 27.8 Å². The minimum absolute atomic E-state index is 0.0417. The fourth-order valence-corrected chi connectivity index (χ4v) is 3.07. The molecule has 0 saturated carbocycles. The monoisotopic (exact) mass is 409 g/mol. The molecular weight excluding hydrogens is 386 g/mol. The Labute approximate surface area is 174 Å². The van der Waals surface area contributed by atoms with Crippen LogP contribution in [0.15, 0.2) is 54.6 Å². The number of amides is 1. The van der Waals surface area contributed by atoms with Gasteiger partial charge in [-0.1, -0.05) is 30.3 Å². The van der Waals surface area contributed by atoms with E-state index < -0.39 is 11.9 Å². The Balaban J connectivity index is 1.58. The van der Waals surface area contributed by atoms with Crippen molar-refractivity contribution in [2.75, 3.05) is 33.3 Å². The Morgan fingerprint density at radius 1 is 0.833 bits per heavy atom. The molecule has 0 saturated heterocycles. The standard InChI is InChI=1S/C23H23NO6/c1-27-19-10-15(11-20(28-2)23(19)29-3)12-22(26)30-14-21(25)24-18-9-8-16-6-4-5-7-17(16)13-18/h4-11,13H,12,14H2,1-3H3,(H,24,25). The van der Waals surface area contributed by atoms with Crippen LogP contribution in [-0.2, 0) is 20.7 Å². The molecular formula is C23H23NO6. The van der Waals surface area contributed by atoms with Gasteiger partial charge in [-0.15, -0.1) is 0 Å². The number of esters is 1. The van der Waals surface area contributed by atoms with Gasteiger partial charge >= 0.3 is 5.97 Å². The summed E-state index contributed by atoms with van der Waals surface area (Å²) in [6.07, 6.45) is -0.0417. The molecule has 3 rings (SSSR count). The van der Waals surface area contributed by atoms with Crippen LogP contribution in [-0.4, -0.2) is 39.8 Å². The third-order valence-corrected chi connectivity index (χ3v) is 4.47. The van der Waals surface area contributed by atoms with Crippen LogP contribution in [0.25, 0.3) is 10.8 Å². The van der Waals surface area contributed by atoms with E-state index >= 15 is 0 Å². The van der Waals surface area contributed by atoms with Crippen molar-refractivity contribution in [3.8, 4) is 17.2 Å². The number of benzene rings is 3. The lowest BCUT2D eigenvalue weighted by Gasteiger charge is -2.14. The van der Waals surface area contributed by atoms with Crippen molar-refractivity contribution >= 4 is 28.3 Å². The number of carbonyl (C=O) groups is 2. The molecule has 7 nitrogen and oxygen atoms in total. The molecule has 0 unspecified atom stereocenters. The highest BCUT2D eigenvalue weighted by molar-refractivity contribution is 5.95. The molecule has 1 amide bonds. The Kier molecular flexibility index (Phi) is 6.75. The van der Waals surface area contributed by atoms with Crippen molar-refractivity contribution in [1.82, 2.24) is 0 Å². The quantitative estimate of drug-likeness (QED) is 0.573. The van der Waals surface area contributed by atoms with Crippen molar-refractivity contribution < 1.29 is 28.5 Å². The molecule has 0 aromatic heterocycles.